The first-order valence-corrected chi connectivity index (χ1v) is 4.44. The van der Waals surface area contributed by atoms with Crippen molar-refractivity contribution in [3.63, 3.8) is 0 Å². The van der Waals surface area contributed by atoms with Crippen molar-refractivity contribution in [3.05, 3.63) is 12.7 Å². The van der Waals surface area contributed by atoms with Crippen LogP contribution in [0.25, 0.3) is 0 Å². The summed E-state index contributed by atoms with van der Waals surface area (Å²) >= 11 is 0. The highest BCUT2D eigenvalue weighted by atomic mass is 16.5. The molecule has 1 aliphatic rings. The molecule has 0 spiro atoms. The van der Waals surface area contributed by atoms with Crippen molar-refractivity contribution in [1.82, 2.24) is 10.2 Å². The van der Waals surface area contributed by atoms with E-state index < -0.39 is 0 Å². The third-order valence-corrected chi connectivity index (χ3v) is 1.98. The molecule has 1 fully saturated rings. The molecule has 1 aliphatic heterocycles. The maximum absolute atomic E-state index is 11.6. The largest absolute Gasteiger partial charge is 0.366 e. The van der Waals surface area contributed by atoms with Gasteiger partial charge in [0.15, 0.2) is 0 Å². The molecule has 74 valence electrons. The molecule has 0 aromatic heterocycles. The van der Waals surface area contributed by atoms with Crippen LogP contribution in [-0.4, -0.2) is 50.2 Å². The van der Waals surface area contributed by atoms with Crippen molar-refractivity contribution in [2.24, 2.45) is 0 Å². The lowest BCUT2D eigenvalue weighted by atomic mass is 10.2. The summed E-state index contributed by atoms with van der Waals surface area (Å²) in [6.07, 6.45) is 1.38. The van der Waals surface area contributed by atoms with Gasteiger partial charge in [0.05, 0.1) is 6.61 Å². The van der Waals surface area contributed by atoms with Crippen molar-refractivity contribution in [1.29, 1.82) is 0 Å². The Hall–Kier alpha value is -0.870. The van der Waals surface area contributed by atoms with Gasteiger partial charge in [-0.15, -0.1) is 6.58 Å². The second-order valence-corrected chi connectivity index (χ2v) is 3.07. The van der Waals surface area contributed by atoms with E-state index in [4.69, 9.17) is 4.74 Å². The molecule has 1 unspecified atom stereocenters. The van der Waals surface area contributed by atoms with Gasteiger partial charge in [-0.3, -0.25) is 4.79 Å². The fourth-order valence-electron chi connectivity index (χ4n) is 1.25. The predicted molar refractivity (Wildman–Crippen MR) is 50.4 cm³/mol. The Morgan fingerprint density at radius 3 is 3.15 bits per heavy atom. The molecule has 0 aromatic carbocycles. The van der Waals surface area contributed by atoms with Crippen molar-refractivity contribution >= 4 is 5.91 Å². The van der Waals surface area contributed by atoms with Gasteiger partial charge in [0, 0.05) is 26.7 Å². The lowest BCUT2D eigenvalue weighted by Gasteiger charge is -2.26. The summed E-state index contributed by atoms with van der Waals surface area (Å²) in [5, 5.41) is 3.11. The average molecular weight is 184 g/mol. The minimum absolute atomic E-state index is 0.0205. The summed E-state index contributed by atoms with van der Waals surface area (Å²) in [5.74, 6) is 0.0205. The highest BCUT2D eigenvalue weighted by Gasteiger charge is 2.23. The zero-order valence-electron chi connectivity index (χ0n) is 7.95. The van der Waals surface area contributed by atoms with Crippen LogP contribution in [0, 0.1) is 0 Å². The van der Waals surface area contributed by atoms with Gasteiger partial charge in [0.1, 0.15) is 6.10 Å². The molecular formula is C9H16N2O2. The second-order valence-electron chi connectivity index (χ2n) is 3.07. The quantitative estimate of drug-likeness (QED) is 0.608. The smallest absolute Gasteiger partial charge is 0.253 e. The summed E-state index contributed by atoms with van der Waals surface area (Å²) in [4.78, 5) is 13.2. The van der Waals surface area contributed by atoms with E-state index in [1.165, 1.54) is 0 Å². The maximum Gasteiger partial charge on any atom is 0.253 e. The zero-order valence-corrected chi connectivity index (χ0v) is 7.95. The zero-order chi connectivity index (χ0) is 9.68. The van der Waals surface area contributed by atoms with Crippen LogP contribution in [0.4, 0.5) is 0 Å². The molecule has 4 heteroatoms. The third-order valence-electron chi connectivity index (χ3n) is 1.98. The Balaban J connectivity index is 2.40. The Morgan fingerprint density at radius 2 is 2.62 bits per heavy atom. The normalized spacial score (nSPS) is 22.4. The Kier molecular flexibility index (Phi) is 3.92. The number of hydrogen-bond acceptors (Lipinski definition) is 3. The summed E-state index contributed by atoms with van der Waals surface area (Å²) in [7, 11) is 1.75. The molecule has 0 aromatic rings. The minimum atomic E-state index is -0.321. The minimum Gasteiger partial charge on any atom is -0.366 e. The van der Waals surface area contributed by atoms with E-state index in [1.807, 2.05) is 0 Å². The fourth-order valence-corrected chi connectivity index (χ4v) is 1.25. The van der Waals surface area contributed by atoms with Crippen LogP contribution in [0.15, 0.2) is 12.7 Å². The average Bonchev–Trinajstić information content (AvgIpc) is 2.18. The first kappa shape index (κ1) is 10.2. The van der Waals surface area contributed by atoms with Crippen LogP contribution in [0.5, 0.6) is 0 Å². The standard InChI is InChI=1S/C9H16N2O2/c1-3-5-11(2)9(12)8-7-10-4-6-13-8/h3,8,10H,1,4-7H2,2H3. The van der Waals surface area contributed by atoms with E-state index >= 15 is 0 Å². The van der Waals surface area contributed by atoms with Crippen LogP contribution in [0.3, 0.4) is 0 Å². The van der Waals surface area contributed by atoms with E-state index in [1.54, 1.807) is 18.0 Å². The van der Waals surface area contributed by atoms with E-state index in [0.29, 0.717) is 19.7 Å². The van der Waals surface area contributed by atoms with Crippen molar-refractivity contribution in [2.75, 3.05) is 33.3 Å². The number of nitrogens with one attached hydrogen (secondary N) is 1. The topological polar surface area (TPSA) is 41.6 Å². The molecule has 1 amide bonds. The van der Waals surface area contributed by atoms with Gasteiger partial charge in [-0.25, -0.2) is 0 Å². The lowest BCUT2D eigenvalue weighted by Crippen LogP contribution is -2.48. The van der Waals surface area contributed by atoms with Crippen LogP contribution >= 0.6 is 0 Å². The third kappa shape index (κ3) is 2.82. The molecule has 0 aliphatic carbocycles. The number of rotatable bonds is 3. The molecule has 1 saturated heterocycles. The van der Waals surface area contributed by atoms with Crippen LogP contribution in [-0.2, 0) is 9.53 Å². The maximum atomic E-state index is 11.6. The van der Waals surface area contributed by atoms with Crippen molar-refractivity contribution in [3.8, 4) is 0 Å². The Morgan fingerprint density at radius 1 is 1.85 bits per heavy atom. The van der Waals surface area contributed by atoms with Gasteiger partial charge in [-0.05, 0) is 0 Å². The fraction of sp³-hybridized carbons (Fsp3) is 0.667. The number of ether oxygens (including phenoxy) is 1. The van der Waals surface area contributed by atoms with Crippen LogP contribution in [0.1, 0.15) is 0 Å². The van der Waals surface area contributed by atoms with Gasteiger partial charge in [0.2, 0.25) is 0 Å². The molecule has 1 N–H and O–H groups in total. The first-order valence-electron chi connectivity index (χ1n) is 4.44. The number of likely N-dealkylation sites (N-methyl/N-ethyl adjacent to an activating group) is 1. The summed E-state index contributed by atoms with van der Waals surface area (Å²) in [5.41, 5.74) is 0. The SMILES string of the molecule is C=CCN(C)C(=O)C1CNCCO1. The number of nitrogens with zero attached hydrogens (tertiary/aromatic N) is 1. The van der Waals surface area contributed by atoms with Gasteiger partial charge in [-0.2, -0.15) is 0 Å². The summed E-state index contributed by atoms with van der Waals surface area (Å²) in [6.45, 7) is 6.20. The van der Waals surface area contributed by atoms with Gasteiger partial charge in [-0.1, -0.05) is 6.08 Å². The summed E-state index contributed by atoms with van der Waals surface area (Å²) in [6, 6.07) is 0. The number of hydrogen-bond donors (Lipinski definition) is 1. The predicted octanol–water partition coefficient (Wildman–Crippen LogP) is -0.381. The van der Waals surface area contributed by atoms with Gasteiger partial charge in [0.25, 0.3) is 5.91 Å². The number of morpholine rings is 1. The number of carbonyl (C=O) groups is 1. The van der Waals surface area contributed by atoms with Gasteiger partial charge < -0.3 is 15.0 Å². The Labute approximate surface area is 78.5 Å². The molecule has 1 atom stereocenters. The molecule has 1 heterocycles. The van der Waals surface area contributed by atoms with Crippen LogP contribution < -0.4 is 5.32 Å². The molecule has 13 heavy (non-hydrogen) atoms. The van der Waals surface area contributed by atoms with E-state index in [2.05, 4.69) is 11.9 Å². The monoisotopic (exact) mass is 184 g/mol. The molecule has 0 bridgehead atoms. The molecule has 1 rings (SSSR count). The highest BCUT2D eigenvalue weighted by Crippen LogP contribution is 2.00. The lowest BCUT2D eigenvalue weighted by molar-refractivity contribution is -0.143. The van der Waals surface area contributed by atoms with E-state index in [-0.39, 0.29) is 12.0 Å². The van der Waals surface area contributed by atoms with E-state index in [0.717, 1.165) is 6.54 Å². The first-order chi connectivity index (χ1) is 6.25. The van der Waals surface area contributed by atoms with Crippen molar-refractivity contribution < 1.29 is 9.53 Å². The molecule has 0 radical (unpaired) electrons. The number of carbonyl (C=O) groups excluding carboxylic acids is 1. The van der Waals surface area contributed by atoms with E-state index in [9.17, 15) is 4.79 Å². The summed E-state index contributed by atoms with van der Waals surface area (Å²) < 4.78 is 5.32. The molecule has 4 nitrogen and oxygen atoms in total. The second kappa shape index (κ2) is 4.99. The van der Waals surface area contributed by atoms with Crippen LogP contribution in [0.2, 0.25) is 0 Å². The Bertz CT molecular complexity index is 188. The molecular weight excluding hydrogens is 168 g/mol. The van der Waals surface area contributed by atoms with Crippen molar-refractivity contribution in [2.45, 2.75) is 6.10 Å². The number of amides is 1. The highest BCUT2D eigenvalue weighted by molar-refractivity contribution is 5.81. The molecule has 0 saturated carbocycles. The van der Waals surface area contributed by atoms with Gasteiger partial charge >= 0.3 is 0 Å².